The van der Waals surface area contributed by atoms with Crippen LogP contribution in [0.15, 0.2) is 36.4 Å². The van der Waals surface area contributed by atoms with Crippen LogP contribution in [0, 0.1) is 0 Å². The van der Waals surface area contributed by atoms with Gasteiger partial charge in [0.2, 0.25) is 0 Å². The second-order valence-electron chi connectivity index (χ2n) is 4.85. The first-order chi connectivity index (χ1) is 7.83. The van der Waals surface area contributed by atoms with E-state index in [0.717, 1.165) is 11.6 Å². The molecule has 0 heterocycles. The molecule has 3 rings (SSSR count). The Bertz CT molecular complexity index is 510. The van der Waals surface area contributed by atoms with E-state index in [0.29, 0.717) is 0 Å². The molecular formula is C15H17N. The number of benzene rings is 2. The zero-order valence-electron chi connectivity index (χ0n) is 9.45. The lowest BCUT2D eigenvalue weighted by molar-refractivity contribution is 0.724. The van der Waals surface area contributed by atoms with Crippen molar-refractivity contribution in [2.75, 3.05) is 5.73 Å². The van der Waals surface area contributed by atoms with E-state index < -0.39 is 0 Å². The van der Waals surface area contributed by atoms with Crippen molar-refractivity contribution in [2.45, 2.75) is 31.6 Å². The van der Waals surface area contributed by atoms with E-state index in [1.54, 1.807) is 0 Å². The summed E-state index contributed by atoms with van der Waals surface area (Å²) in [6.07, 6.45) is 5.51. The minimum Gasteiger partial charge on any atom is -0.399 e. The van der Waals surface area contributed by atoms with Crippen LogP contribution in [0.25, 0.3) is 10.8 Å². The molecule has 0 radical (unpaired) electrons. The molecule has 1 nitrogen and oxygen atoms in total. The summed E-state index contributed by atoms with van der Waals surface area (Å²) in [6.45, 7) is 0. The van der Waals surface area contributed by atoms with Crippen LogP contribution in [-0.4, -0.2) is 0 Å². The molecule has 1 heteroatoms. The molecule has 2 aromatic carbocycles. The Kier molecular flexibility index (Phi) is 2.32. The van der Waals surface area contributed by atoms with E-state index in [2.05, 4.69) is 24.3 Å². The molecule has 1 fully saturated rings. The summed E-state index contributed by atoms with van der Waals surface area (Å²) >= 11 is 0. The molecule has 82 valence electrons. The van der Waals surface area contributed by atoms with Crippen LogP contribution >= 0.6 is 0 Å². The summed E-state index contributed by atoms with van der Waals surface area (Å²) < 4.78 is 0. The molecule has 0 spiro atoms. The summed E-state index contributed by atoms with van der Waals surface area (Å²) in [6, 6.07) is 13.0. The van der Waals surface area contributed by atoms with Crippen LogP contribution in [0.3, 0.4) is 0 Å². The number of fused-ring (bicyclic) bond motifs is 1. The van der Waals surface area contributed by atoms with Gasteiger partial charge in [0.1, 0.15) is 0 Å². The summed E-state index contributed by atoms with van der Waals surface area (Å²) in [7, 11) is 0. The summed E-state index contributed by atoms with van der Waals surface area (Å²) in [4.78, 5) is 0. The number of hydrogen-bond acceptors (Lipinski definition) is 1. The van der Waals surface area contributed by atoms with Gasteiger partial charge in [-0.15, -0.1) is 0 Å². The van der Waals surface area contributed by atoms with E-state index >= 15 is 0 Å². The molecule has 2 aromatic rings. The number of nitrogen functional groups attached to an aromatic ring is 1. The molecule has 0 atom stereocenters. The fraction of sp³-hybridized carbons (Fsp3) is 0.333. The largest absolute Gasteiger partial charge is 0.399 e. The molecule has 1 saturated carbocycles. The number of rotatable bonds is 1. The van der Waals surface area contributed by atoms with Crippen molar-refractivity contribution in [2.24, 2.45) is 0 Å². The van der Waals surface area contributed by atoms with Gasteiger partial charge in [0.25, 0.3) is 0 Å². The highest BCUT2D eigenvalue weighted by Crippen LogP contribution is 2.35. The number of anilines is 1. The highest BCUT2D eigenvalue weighted by Gasteiger charge is 2.16. The molecule has 0 aromatic heterocycles. The molecule has 0 bridgehead atoms. The van der Waals surface area contributed by atoms with Gasteiger partial charge < -0.3 is 5.73 Å². The second-order valence-corrected chi connectivity index (χ2v) is 4.85. The van der Waals surface area contributed by atoms with Crippen LogP contribution in [0.2, 0.25) is 0 Å². The molecule has 0 unspecified atom stereocenters. The fourth-order valence-electron chi connectivity index (χ4n) is 2.80. The van der Waals surface area contributed by atoms with Crippen molar-refractivity contribution in [1.29, 1.82) is 0 Å². The summed E-state index contributed by atoms with van der Waals surface area (Å²) in [5.74, 6) is 0.793. The molecule has 16 heavy (non-hydrogen) atoms. The van der Waals surface area contributed by atoms with Crippen molar-refractivity contribution >= 4 is 16.5 Å². The van der Waals surface area contributed by atoms with Gasteiger partial charge in [0, 0.05) is 5.69 Å². The van der Waals surface area contributed by atoms with Gasteiger partial charge in [-0.05, 0) is 47.2 Å². The summed E-state index contributed by atoms with van der Waals surface area (Å²) in [5, 5.41) is 2.57. The van der Waals surface area contributed by atoms with Gasteiger partial charge in [0.05, 0.1) is 0 Å². The number of nitrogens with two attached hydrogens (primary N) is 1. The molecule has 0 aliphatic heterocycles. The van der Waals surface area contributed by atoms with Gasteiger partial charge >= 0.3 is 0 Å². The predicted molar refractivity (Wildman–Crippen MR) is 69.6 cm³/mol. The zero-order valence-corrected chi connectivity index (χ0v) is 9.45. The Morgan fingerprint density at radius 1 is 0.875 bits per heavy atom. The molecule has 1 aliphatic carbocycles. The van der Waals surface area contributed by atoms with Gasteiger partial charge in [-0.25, -0.2) is 0 Å². The molecule has 2 N–H and O–H groups in total. The van der Waals surface area contributed by atoms with Gasteiger partial charge in [-0.1, -0.05) is 37.1 Å². The summed E-state index contributed by atoms with van der Waals surface area (Å²) in [5.41, 5.74) is 8.14. The lowest BCUT2D eigenvalue weighted by Crippen LogP contribution is -1.92. The third-order valence-corrected chi connectivity index (χ3v) is 3.71. The van der Waals surface area contributed by atoms with Crippen molar-refractivity contribution in [3.63, 3.8) is 0 Å². The van der Waals surface area contributed by atoms with E-state index in [1.165, 1.54) is 42.0 Å². The quantitative estimate of drug-likeness (QED) is 0.707. The first-order valence-corrected chi connectivity index (χ1v) is 6.12. The SMILES string of the molecule is Nc1ccc2cc(C3CCCC3)ccc2c1. The van der Waals surface area contributed by atoms with Gasteiger partial charge in [-0.2, -0.15) is 0 Å². The minimum absolute atomic E-state index is 0.793. The first kappa shape index (κ1) is 9.71. The minimum atomic E-state index is 0.793. The highest BCUT2D eigenvalue weighted by molar-refractivity contribution is 5.86. The highest BCUT2D eigenvalue weighted by atomic mass is 14.5. The van der Waals surface area contributed by atoms with Crippen LogP contribution in [0.5, 0.6) is 0 Å². The third-order valence-electron chi connectivity index (χ3n) is 3.71. The first-order valence-electron chi connectivity index (χ1n) is 6.12. The lowest BCUT2D eigenvalue weighted by atomic mass is 9.95. The Hall–Kier alpha value is -1.50. The Labute approximate surface area is 96.3 Å². The van der Waals surface area contributed by atoms with E-state index in [-0.39, 0.29) is 0 Å². The van der Waals surface area contributed by atoms with Crippen LogP contribution in [-0.2, 0) is 0 Å². The second kappa shape index (κ2) is 3.82. The van der Waals surface area contributed by atoms with E-state index in [4.69, 9.17) is 5.73 Å². The van der Waals surface area contributed by atoms with Crippen molar-refractivity contribution < 1.29 is 0 Å². The monoisotopic (exact) mass is 211 g/mol. The standard InChI is InChI=1S/C15H17N/c16-15-8-7-13-9-12(5-6-14(13)10-15)11-3-1-2-4-11/h5-11H,1-4,16H2. The third kappa shape index (κ3) is 1.67. The Morgan fingerprint density at radius 3 is 2.38 bits per heavy atom. The average Bonchev–Trinajstić information content (AvgIpc) is 2.82. The van der Waals surface area contributed by atoms with Crippen molar-refractivity contribution in [3.8, 4) is 0 Å². The average molecular weight is 211 g/mol. The molecule has 0 saturated heterocycles. The Morgan fingerprint density at radius 2 is 1.56 bits per heavy atom. The fourth-order valence-corrected chi connectivity index (χ4v) is 2.80. The maximum atomic E-state index is 5.78. The van der Waals surface area contributed by atoms with Crippen LogP contribution in [0.4, 0.5) is 5.69 Å². The van der Waals surface area contributed by atoms with Crippen molar-refractivity contribution in [1.82, 2.24) is 0 Å². The topological polar surface area (TPSA) is 26.0 Å². The van der Waals surface area contributed by atoms with Crippen LogP contribution in [0.1, 0.15) is 37.2 Å². The Balaban J connectivity index is 2.05. The molecule has 0 amide bonds. The predicted octanol–water partition coefficient (Wildman–Crippen LogP) is 4.08. The maximum Gasteiger partial charge on any atom is 0.0320 e. The van der Waals surface area contributed by atoms with Crippen LogP contribution < -0.4 is 5.73 Å². The van der Waals surface area contributed by atoms with Crippen molar-refractivity contribution in [3.05, 3.63) is 42.0 Å². The molecular weight excluding hydrogens is 194 g/mol. The normalized spacial score (nSPS) is 17.0. The number of hydrogen-bond donors (Lipinski definition) is 1. The smallest absolute Gasteiger partial charge is 0.0320 e. The van der Waals surface area contributed by atoms with E-state index in [9.17, 15) is 0 Å². The van der Waals surface area contributed by atoms with Gasteiger partial charge in [-0.3, -0.25) is 0 Å². The zero-order chi connectivity index (χ0) is 11.0. The maximum absolute atomic E-state index is 5.78. The molecule has 1 aliphatic rings. The van der Waals surface area contributed by atoms with E-state index in [1.807, 2.05) is 12.1 Å². The lowest BCUT2D eigenvalue weighted by Gasteiger charge is -2.10. The van der Waals surface area contributed by atoms with Gasteiger partial charge in [0.15, 0.2) is 0 Å².